The fraction of sp³-hybridized carbons (Fsp3) is 0.552. The van der Waals surface area contributed by atoms with Gasteiger partial charge >= 0.3 is 5.97 Å². The van der Waals surface area contributed by atoms with Crippen LogP contribution in [-0.4, -0.2) is 58.4 Å². The first kappa shape index (κ1) is 27.3. The minimum Gasteiger partial charge on any atom is -0.462 e. The third-order valence-corrected chi connectivity index (χ3v) is 17.1. The number of carbonyl (C=O) groups is 1. The third kappa shape index (κ3) is 5.41. The van der Waals surface area contributed by atoms with Gasteiger partial charge in [0.15, 0.2) is 5.79 Å². The molecule has 1 N–H and O–H groups in total. The van der Waals surface area contributed by atoms with Gasteiger partial charge in [-0.15, -0.1) is 0 Å². The van der Waals surface area contributed by atoms with E-state index in [0.29, 0.717) is 26.1 Å². The normalized spacial score (nSPS) is 23.9. The Kier molecular flexibility index (Phi) is 7.71. The van der Waals surface area contributed by atoms with E-state index in [2.05, 4.69) is 88.6 Å². The number of rotatable bonds is 8. The van der Waals surface area contributed by atoms with Crippen LogP contribution in [0.1, 0.15) is 30.9 Å². The van der Waals surface area contributed by atoms with Crippen molar-refractivity contribution in [3.63, 3.8) is 0 Å². The van der Waals surface area contributed by atoms with Gasteiger partial charge in [0, 0.05) is 23.9 Å². The lowest BCUT2D eigenvalue weighted by atomic mass is 10.0. The summed E-state index contributed by atoms with van der Waals surface area (Å²) in [4.78, 5) is 12.9. The number of hydrogen-bond acceptors (Lipinski definition) is 5. The Balaban J connectivity index is 1.76. The molecule has 0 unspecified atom stereocenters. The molecule has 196 valence electrons. The van der Waals surface area contributed by atoms with E-state index in [1.807, 2.05) is 6.92 Å². The highest BCUT2D eigenvalue weighted by Gasteiger charge is 2.56. The zero-order chi connectivity index (χ0) is 26.3. The van der Waals surface area contributed by atoms with Gasteiger partial charge in [-0.05, 0) is 20.8 Å². The molecule has 2 aromatic carbocycles. The molecule has 0 aromatic heterocycles. The maximum absolute atomic E-state index is 12.9. The van der Waals surface area contributed by atoms with Crippen molar-refractivity contribution < 1.29 is 24.1 Å². The summed E-state index contributed by atoms with van der Waals surface area (Å²) in [6.45, 7) is 16.4. The van der Waals surface area contributed by atoms with Gasteiger partial charge < -0.3 is 19.3 Å². The zero-order valence-corrected chi connectivity index (χ0v) is 24.8. The van der Waals surface area contributed by atoms with Gasteiger partial charge in [-0.1, -0.05) is 96.2 Å². The highest BCUT2D eigenvalue weighted by Crippen LogP contribution is 2.48. The lowest BCUT2D eigenvalue weighted by Crippen LogP contribution is -2.58. The molecular weight excluding hydrogens is 484 g/mol. The Morgan fingerprint density at radius 3 is 1.94 bits per heavy atom. The summed E-state index contributed by atoms with van der Waals surface area (Å²) in [7, 11) is -4.47. The van der Waals surface area contributed by atoms with E-state index < -0.39 is 28.0 Å². The second-order valence-corrected chi connectivity index (χ2v) is 21.5. The summed E-state index contributed by atoms with van der Waals surface area (Å²) in [6.07, 6.45) is -0.308. The molecule has 0 radical (unpaired) electrons. The lowest BCUT2D eigenvalue weighted by molar-refractivity contribution is -0.165. The zero-order valence-electron chi connectivity index (χ0n) is 22.8. The molecule has 2 aromatic rings. The largest absolute Gasteiger partial charge is 0.462 e. The van der Waals surface area contributed by atoms with E-state index >= 15 is 0 Å². The second kappa shape index (κ2) is 10.2. The topological polar surface area (TPSA) is 65.0 Å². The number of hydrogen-bond donors (Lipinski definition) is 1. The van der Waals surface area contributed by atoms with Gasteiger partial charge in [0.1, 0.15) is 6.10 Å². The van der Waals surface area contributed by atoms with Crippen LogP contribution in [0, 0.1) is 13.8 Å². The van der Waals surface area contributed by atoms with Crippen molar-refractivity contribution in [2.45, 2.75) is 88.9 Å². The van der Waals surface area contributed by atoms with Crippen LogP contribution in [0.2, 0.25) is 37.3 Å². The molecule has 2 heterocycles. The molecule has 0 spiro atoms. The minimum absolute atomic E-state index is 0.0720. The number of aliphatic hydroxyl groups is 1. The summed E-state index contributed by atoms with van der Waals surface area (Å²) in [5, 5.41) is 14.5. The summed E-state index contributed by atoms with van der Waals surface area (Å²) < 4.78 is 18.0. The molecule has 0 amide bonds. The van der Waals surface area contributed by atoms with Crippen molar-refractivity contribution in [1.29, 1.82) is 0 Å². The fourth-order valence-corrected chi connectivity index (χ4v) is 13.3. The van der Waals surface area contributed by atoms with Crippen molar-refractivity contribution in [1.82, 2.24) is 0 Å². The quantitative estimate of drug-likeness (QED) is 0.408. The Labute approximate surface area is 218 Å². The standard InChI is InChI=1S/C29H42O5Si2/c1-20-8-12-22(13-9-20)35(4,5)25-18-26(31)34-27(25)28(24(30)19-29(3)32-16-17-33-29)36(6,7)23-14-10-21(2)11-15-23/h8-15,24-25,27-28,30H,16-19H2,1-7H3/t24-,25-,27-,28-/m0/s1. The van der Waals surface area contributed by atoms with Crippen molar-refractivity contribution in [2.75, 3.05) is 13.2 Å². The number of carbonyl (C=O) groups excluding carboxylic acids is 1. The smallest absolute Gasteiger partial charge is 0.306 e. The third-order valence-electron chi connectivity index (χ3n) is 8.65. The molecule has 2 aliphatic rings. The van der Waals surface area contributed by atoms with Gasteiger partial charge in [0.25, 0.3) is 0 Å². The van der Waals surface area contributed by atoms with Crippen molar-refractivity contribution >= 4 is 32.5 Å². The Bertz CT molecular complexity index is 1060. The van der Waals surface area contributed by atoms with Crippen molar-refractivity contribution in [3.05, 3.63) is 59.7 Å². The number of esters is 1. The van der Waals surface area contributed by atoms with Crippen LogP contribution < -0.4 is 10.4 Å². The molecule has 4 atom stereocenters. The van der Waals surface area contributed by atoms with Crippen LogP contribution >= 0.6 is 0 Å². The van der Waals surface area contributed by atoms with Crippen LogP contribution in [0.5, 0.6) is 0 Å². The molecule has 2 saturated heterocycles. The van der Waals surface area contributed by atoms with E-state index in [0.717, 1.165) is 0 Å². The first-order valence-corrected chi connectivity index (χ1v) is 19.3. The van der Waals surface area contributed by atoms with Crippen LogP contribution in [-0.2, 0) is 19.0 Å². The molecule has 4 rings (SSSR count). The minimum atomic E-state index is -2.34. The molecule has 2 fully saturated rings. The SMILES string of the molecule is Cc1ccc([Si](C)(C)[C@H]([C@H]2OC(=O)C[C@@H]2[Si](C)(C)c2ccc(C)cc2)[C@@H](O)CC2(C)OCCO2)cc1. The summed E-state index contributed by atoms with van der Waals surface area (Å²) >= 11 is 0. The monoisotopic (exact) mass is 526 g/mol. The van der Waals surface area contributed by atoms with Crippen LogP contribution in [0.3, 0.4) is 0 Å². The van der Waals surface area contributed by atoms with E-state index in [1.165, 1.54) is 21.5 Å². The highest BCUT2D eigenvalue weighted by atomic mass is 28.3. The fourth-order valence-electron chi connectivity index (χ4n) is 6.23. The number of cyclic esters (lactones) is 1. The summed E-state index contributed by atoms with van der Waals surface area (Å²) in [5.41, 5.74) is 2.31. The van der Waals surface area contributed by atoms with Crippen LogP contribution in [0.25, 0.3) is 0 Å². The lowest BCUT2D eigenvalue weighted by Gasteiger charge is -2.45. The van der Waals surface area contributed by atoms with Gasteiger partial charge in [-0.25, -0.2) is 0 Å². The Morgan fingerprint density at radius 1 is 0.917 bits per heavy atom. The van der Waals surface area contributed by atoms with Crippen molar-refractivity contribution in [2.24, 2.45) is 0 Å². The van der Waals surface area contributed by atoms with E-state index in [9.17, 15) is 9.90 Å². The van der Waals surface area contributed by atoms with E-state index in [4.69, 9.17) is 14.2 Å². The van der Waals surface area contributed by atoms with Crippen LogP contribution in [0.4, 0.5) is 0 Å². The number of benzene rings is 2. The number of aryl methyl sites for hydroxylation is 2. The van der Waals surface area contributed by atoms with Gasteiger partial charge in [0.05, 0.1) is 35.5 Å². The number of ether oxygens (including phenoxy) is 3. The molecule has 0 saturated carbocycles. The first-order chi connectivity index (χ1) is 16.8. The molecular formula is C29H42O5Si2. The molecule has 0 aliphatic carbocycles. The molecule has 36 heavy (non-hydrogen) atoms. The molecule has 2 aliphatic heterocycles. The van der Waals surface area contributed by atoms with Crippen molar-refractivity contribution in [3.8, 4) is 0 Å². The van der Waals surface area contributed by atoms with E-state index in [-0.39, 0.29) is 23.2 Å². The number of aliphatic hydroxyl groups excluding tert-OH is 1. The Morgan fingerprint density at radius 2 is 1.42 bits per heavy atom. The van der Waals surface area contributed by atoms with E-state index in [1.54, 1.807) is 0 Å². The van der Waals surface area contributed by atoms with Gasteiger partial charge in [-0.2, -0.15) is 0 Å². The molecule has 5 nitrogen and oxygen atoms in total. The maximum Gasteiger partial charge on any atom is 0.306 e. The molecule has 7 heteroatoms. The first-order valence-electron chi connectivity index (χ1n) is 13.1. The highest BCUT2D eigenvalue weighted by molar-refractivity contribution is 6.93. The average Bonchev–Trinajstić information content (AvgIpc) is 3.40. The predicted molar refractivity (Wildman–Crippen MR) is 150 cm³/mol. The summed E-state index contributed by atoms with van der Waals surface area (Å²) in [5.74, 6) is -0.972. The second-order valence-electron chi connectivity index (χ2n) is 12.1. The van der Waals surface area contributed by atoms with Gasteiger partial charge in [-0.3, -0.25) is 4.79 Å². The van der Waals surface area contributed by atoms with Gasteiger partial charge in [0.2, 0.25) is 0 Å². The Hall–Kier alpha value is -1.78. The van der Waals surface area contributed by atoms with Crippen LogP contribution in [0.15, 0.2) is 48.5 Å². The molecule has 0 bridgehead atoms. The maximum atomic E-state index is 12.9. The average molecular weight is 527 g/mol. The predicted octanol–water partition coefficient (Wildman–Crippen LogP) is 4.40. The summed E-state index contributed by atoms with van der Waals surface area (Å²) in [6, 6.07) is 17.4.